The van der Waals surface area contributed by atoms with Crippen molar-refractivity contribution in [3.05, 3.63) is 58.3 Å². The molecule has 1 heterocycles. The van der Waals surface area contributed by atoms with Crippen LogP contribution in [-0.2, 0) is 11.2 Å². The van der Waals surface area contributed by atoms with E-state index in [0.717, 1.165) is 12.0 Å². The average Bonchev–Trinajstić information content (AvgIpc) is 2.99. The fourth-order valence-corrected chi connectivity index (χ4v) is 3.07. The van der Waals surface area contributed by atoms with Crippen molar-refractivity contribution >= 4 is 34.5 Å². The van der Waals surface area contributed by atoms with E-state index >= 15 is 0 Å². The van der Waals surface area contributed by atoms with Gasteiger partial charge in [0.15, 0.2) is 0 Å². The van der Waals surface area contributed by atoms with Crippen molar-refractivity contribution in [1.29, 1.82) is 0 Å². The predicted molar refractivity (Wildman–Crippen MR) is 91.6 cm³/mol. The molecule has 0 spiro atoms. The summed E-state index contributed by atoms with van der Waals surface area (Å²) in [5.41, 5.74) is 6.63. The van der Waals surface area contributed by atoms with Crippen LogP contribution in [-0.4, -0.2) is 29.4 Å². The summed E-state index contributed by atoms with van der Waals surface area (Å²) in [6.07, 6.45) is 0.846. The molecule has 1 aromatic heterocycles. The minimum atomic E-state index is -0.547. The summed E-state index contributed by atoms with van der Waals surface area (Å²) >= 11 is 6.79. The van der Waals surface area contributed by atoms with Crippen LogP contribution in [0, 0.1) is 0 Å². The van der Waals surface area contributed by atoms with Crippen molar-refractivity contribution in [1.82, 2.24) is 4.90 Å². The lowest BCUT2D eigenvalue weighted by Gasteiger charge is -2.23. The standard InChI is InChI=1S/C16H18N2OS2/c1-18(10-9-13-8-5-11-21-13)16(19)14(15(17)20)12-6-3-2-4-7-12/h2-8,11,14H,9-10H2,1H3,(H2,17,20). The van der Waals surface area contributed by atoms with Gasteiger partial charge in [-0.3, -0.25) is 4.79 Å². The Balaban J connectivity index is 2.06. The van der Waals surface area contributed by atoms with Crippen molar-refractivity contribution in [2.75, 3.05) is 13.6 Å². The van der Waals surface area contributed by atoms with E-state index in [1.54, 1.807) is 23.3 Å². The van der Waals surface area contributed by atoms with E-state index in [1.807, 2.05) is 41.8 Å². The van der Waals surface area contributed by atoms with Crippen LogP contribution >= 0.6 is 23.6 Å². The fourth-order valence-electron chi connectivity index (χ4n) is 2.14. The highest BCUT2D eigenvalue weighted by molar-refractivity contribution is 7.80. The molecule has 1 amide bonds. The molecule has 0 aliphatic rings. The highest BCUT2D eigenvalue weighted by Crippen LogP contribution is 2.19. The molecule has 0 aliphatic heterocycles. The maximum atomic E-state index is 12.6. The van der Waals surface area contributed by atoms with Crippen molar-refractivity contribution in [3.63, 3.8) is 0 Å². The molecule has 0 aliphatic carbocycles. The van der Waals surface area contributed by atoms with E-state index in [1.165, 1.54) is 4.88 Å². The molecule has 2 aromatic rings. The largest absolute Gasteiger partial charge is 0.392 e. The number of carbonyl (C=O) groups is 1. The molecule has 0 bridgehead atoms. The number of nitrogens with two attached hydrogens (primary N) is 1. The van der Waals surface area contributed by atoms with Gasteiger partial charge < -0.3 is 10.6 Å². The Kier molecular flexibility index (Phi) is 5.47. The Labute approximate surface area is 134 Å². The van der Waals surface area contributed by atoms with Gasteiger partial charge in [0.25, 0.3) is 0 Å². The average molecular weight is 318 g/mol. The summed E-state index contributed by atoms with van der Waals surface area (Å²) in [6.45, 7) is 0.658. The summed E-state index contributed by atoms with van der Waals surface area (Å²) in [5.74, 6) is -0.597. The second-order valence-corrected chi connectivity index (χ2v) is 6.34. The molecule has 1 aromatic carbocycles. The third kappa shape index (κ3) is 4.12. The zero-order valence-electron chi connectivity index (χ0n) is 11.9. The van der Waals surface area contributed by atoms with Crippen LogP contribution in [0.5, 0.6) is 0 Å². The maximum absolute atomic E-state index is 12.6. The Bertz CT molecular complexity index is 596. The summed E-state index contributed by atoms with van der Waals surface area (Å²) in [5, 5.41) is 2.04. The summed E-state index contributed by atoms with van der Waals surface area (Å²) in [6, 6.07) is 13.5. The molecule has 0 radical (unpaired) electrons. The van der Waals surface area contributed by atoms with Gasteiger partial charge in [-0.1, -0.05) is 48.6 Å². The summed E-state index contributed by atoms with van der Waals surface area (Å²) < 4.78 is 0. The lowest BCUT2D eigenvalue weighted by Crippen LogP contribution is -2.38. The second kappa shape index (κ2) is 7.33. The molecule has 2 rings (SSSR count). The van der Waals surface area contributed by atoms with Crippen molar-refractivity contribution in [2.45, 2.75) is 12.3 Å². The lowest BCUT2D eigenvalue weighted by molar-refractivity contribution is -0.129. The van der Waals surface area contributed by atoms with Gasteiger partial charge in [-0.05, 0) is 23.4 Å². The first-order valence-electron chi connectivity index (χ1n) is 6.71. The predicted octanol–water partition coefficient (Wildman–Crippen LogP) is 2.82. The highest BCUT2D eigenvalue weighted by atomic mass is 32.1. The first kappa shape index (κ1) is 15.7. The number of hydrogen-bond donors (Lipinski definition) is 1. The maximum Gasteiger partial charge on any atom is 0.236 e. The van der Waals surface area contributed by atoms with Gasteiger partial charge in [0.2, 0.25) is 5.91 Å². The SMILES string of the molecule is CN(CCc1cccs1)C(=O)C(C(N)=S)c1ccccc1. The van der Waals surface area contributed by atoms with Crippen LogP contribution in [0.3, 0.4) is 0 Å². The zero-order valence-corrected chi connectivity index (χ0v) is 13.5. The number of thiophene rings is 1. The van der Waals surface area contributed by atoms with Crippen LogP contribution in [0.1, 0.15) is 16.4 Å². The minimum Gasteiger partial charge on any atom is -0.392 e. The third-order valence-corrected chi connectivity index (χ3v) is 4.49. The number of carbonyl (C=O) groups excluding carboxylic acids is 1. The monoisotopic (exact) mass is 318 g/mol. The smallest absolute Gasteiger partial charge is 0.236 e. The van der Waals surface area contributed by atoms with Gasteiger partial charge >= 0.3 is 0 Å². The molecule has 5 heteroatoms. The zero-order chi connectivity index (χ0) is 15.2. The van der Waals surface area contributed by atoms with Crippen LogP contribution in [0.2, 0.25) is 0 Å². The number of likely N-dealkylation sites (N-methyl/N-ethyl adjacent to an activating group) is 1. The van der Waals surface area contributed by atoms with Crippen molar-refractivity contribution in [3.8, 4) is 0 Å². The fraction of sp³-hybridized carbons (Fsp3) is 0.250. The lowest BCUT2D eigenvalue weighted by atomic mass is 9.97. The summed E-state index contributed by atoms with van der Waals surface area (Å²) in [7, 11) is 1.80. The molecule has 21 heavy (non-hydrogen) atoms. The molecule has 0 fully saturated rings. The molecule has 1 unspecified atom stereocenters. The van der Waals surface area contributed by atoms with Crippen LogP contribution in [0.4, 0.5) is 0 Å². The van der Waals surface area contributed by atoms with Gasteiger partial charge in [-0.25, -0.2) is 0 Å². The third-order valence-electron chi connectivity index (χ3n) is 3.31. The van der Waals surface area contributed by atoms with E-state index in [9.17, 15) is 4.79 Å². The quantitative estimate of drug-likeness (QED) is 0.833. The second-order valence-electron chi connectivity index (χ2n) is 4.84. The minimum absolute atomic E-state index is 0.0507. The Morgan fingerprint density at radius 1 is 1.29 bits per heavy atom. The number of amides is 1. The number of rotatable bonds is 6. The molecule has 0 saturated carbocycles. The number of nitrogens with zero attached hydrogens (tertiary/aromatic N) is 1. The normalized spacial score (nSPS) is 11.9. The first-order valence-corrected chi connectivity index (χ1v) is 8.00. The van der Waals surface area contributed by atoms with E-state index in [4.69, 9.17) is 18.0 Å². The highest BCUT2D eigenvalue weighted by Gasteiger charge is 2.26. The number of hydrogen-bond acceptors (Lipinski definition) is 3. The van der Waals surface area contributed by atoms with Gasteiger partial charge in [-0.2, -0.15) is 0 Å². The Morgan fingerprint density at radius 2 is 2.00 bits per heavy atom. The topological polar surface area (TPSA) is 46.3 Å². The van der Waals surface area contributed by atoms with E-state index in [0.29, 0.717) is 6.54 Å². The number of benzene rings is 1. The molecular formula is C16H18N2OS2. The van der Waals surface area contributed by atoms with E-state index in [-0.39, 0.29) is 10.9 Å². The molecule has 1 atom stereocenters. The van der Waals surface area contributed by atoms with Crippen molar-refractivity contribution in [2.24, 2.45) is 5.73 Å². The molecule has 2 N–H and O–H groups in total. The Morgan fingerprint density at radius 3 is 2.57 bits per heavy atom. The van der Waals surface area contributed by atoms with Crippen LogP contribution < -0.4 is 5.73 Å². The van der Waals surface area contributed by atoms with Gasteiger partial charge in [0.05, 0.1) is 4.99 Å². The number of thiocarbonyl (C=S) groups is 1. The van der Waals surface area contributed by atoms with E-state index < -0.39 is 5.92 Å². The first-order chi connectivity index (χ1) is 10.1. The summed E-state index contributed by atoms with van der Waals surface area (Å²) in [4.78, 5) is 15.8. The molecular weight excluding hydrogens is 300 g/mol. The Hall–Kier alpha value is -1.72. The van der Waals surface area contributed by atoms with Gasteiger partial charge in [0, 0.05) is 18.5 Å². The van der Waals surface area contributed by atoms with E-state index in [2.05, 4.69) is 6.07 Å². The molecule has 3 nitrogen and oxygen atoms in total. The molecule has 0 saturated heterocycles. The molecule has 110 valence electrons. The van der Waals surface area contributed by atoms with Gasteiger partial charge in [0.1, 0.15) is 5.92 Å². The van der Waals surface area contributed by atoms with Gasteiger partial charge in [-0.15, -0.1) is 11.3 Å². The van der Waals surface area contributed by atoms with Crippen molar-refractivity contribution < 1.29 is 4.79 Å². The van der Waals surface area contributed by atoms with Crippen LogP contribution in [0.25, 0.3) is 0 Å². The van der Waals surface area contributed by atoms with Crippen LogP contribution in [0.15, 0.2) is 47.8 Å².